The van der Waals surface area contributed by atoms with Gasteiger partial charge in [-0.2, -0.15) is 10.1 Å². The highest BCUT2D eigenvalue weighted by atomic mass is 16.1. The van der Waals surface area contributed by atoms with Crippen LogP contribution in [0.3, 0.4) is 0 Å². The van der Waals surface area contributed by atoms with Crippen molar-refractivity contribution in [2.75, 3.05) is 10.6 Å². The van der Waals surface area contributed by atoms with E-state index in [1.165, 1.54) is 6.20 Å². The van der Waals surface area contributed by atoms with Gasteiger partial charge in [0.15, 0.2) is 0 Å². The van der Waals surface area contributed by atoms with Crippen molar-refractivity contribution in [2.45, 2.75) is 26.3 Å². The van der Waals surface area contributed by atoms with Gasteiger partial charge in [-0.15, -0.1) is 0 Å². The predicted molar refractivity (Wildman–Crippen MR) is 113 cm³/mol. The molecule has 1 aromatic carbocycles. The first-order valence-corrected chi connectivity index (χ1v) is 9.43. The Morgan fingerprint density at radius 1 is 1.20 bits per heavy atom. The van der Waals surface area contributed by atoms with Crippen LogP contribution in [0, 0.1) is 5.92 Å². The van der Waals surface area contributed by atoms with Crippen LogP contribution in [0.15, 0.2) is 48.9 Å². The van der Waals surface area contributed by atoms with Gasteiger partial charge < -0.3 is 22.1 Å². The number of benzene rings is 1. The fraction of sp³-hybridized carbons (Fsp3) is 0.250. The second-order valence-corrected chi connectivity index (χ2v) is 7.17. The molecule has 0 saturated carbocycles. The van der Waals surface area contributed by atoms with E-state index in [-0.39, 0.29) is 23.2 Å². The molecule has 0 saturated heterocycles. The fourth-order valence-electron chi connectivity index (χ4n) is 2.88. The lowest BCUT2D eigenvalue weighted by Gasteiger charge is -2.18. The van der Waals surface area contributed by atoms with E-state index in [1.54, 1.807) is 10.9 Å². The van der Waals surface area contributed by atoms with Crippen molar-refractivity contribution in [2.24, 2.45) is 17.4 Å². The summed E-state index contributed by atoms with van der Waals surface area (Å²) in [6.07, 6.45) is 5.33. The summed E-state index contributed by atoms with van der Waals surface area (Å²) < 4.78 is 1.70. The van der Waals surface area contributed by atoms with Gasteiger partial charge in [0.05, 0.1) is 5.69 Å². The van der Waals surface area contributed by atoms with Crippen LogP contribution in [0.2, 0.25) is 0 Å². The van der Waals surface area contributed by atoms with Gasteiger partial charge >= 0.3 is 0 Å². The minimum absolute atomic E-state index is 0.115. The minimum atomic E-state index is -0.680. The lowest BCUT2D eigenvalue weighted by Crippen LogP contribution is -2.37. The van der Waals surface area contributed by atoms with Crippen molar-refractivity contribution in [3.8, 4) is 5.69 Å². The molecule has 0 radical (unpaired) electrons. The molecule has 6 N–H and O–H groups in total. The maximum absolute atomic E-state index is 11.8. The molecule has 2 aromatic heterocycles. The van der Waals surface area contributed by atoms with Crippen molar-refractivity contribution < 1.29 is 9.59 Å². The molecular weight excluding hydrogens is 384 g/mol. The van der Waals surface area contributed by atoms with Gasteiger partial charge in [-0.3, -0.25) is 9.59 Å². The van der Waals surface area contributed by atoms with E-state index >= 15 is 0 Å². The highest BCUT2D eigenvalue weighted by molar-refractivity contribution is 5.98. The Bertz CT molecular complexity index is 1030. The summed E-state index contributed by atoms with van der Waals surface area (Å²) in [5, 5.41) is 10.2. The molecule has 156 valence electrons. The standard InChI is InChI=1S/C20H24N8O2/c1-12(2)9-16(18(22)30)26-20-23-11-15(17(21)29)19(27-20)25-13-5-3-6-14(10-13)28-8-4-7-24-28/h3-8,10-12,16H,9H2,1-2H3,(H2,21,29)(H2,22,30)(H2,23,25,26,27). The van der Waals surface area contributed by atoms with Crippen molar-refractivity contribution in [3.05, 3.63) is 54.5 Å². The molecule has 0 fully saturated rings. The van der Waals surface area contributed by atoms with E-state index in [4.69, 9.17) is 11.5 Å². The third kappa shape index (κ3) is 5.10. The number of nitrogens with zero attached hydrogens (tertiary/aromatic N) is 4. The molecule has 0 aliphatic heterocycles. The first-order chi connectivity index (χ1) is 14.3. The number of hydrogen-bond acceptors (Lipinski definition) is 7. The van der Waals surface area contributed by atoms with E-state index < -0.39 is 17.9 Å². The highest BCUT2D eigenvalue weighted by Gasteiger charge is 2.19. The molecule has 0 aliphatic carbocycles. The van der Waals surface area contributed by atoms with E-state index in [9.17, 15) is 9.59 Å². The lowest BCUT2D eigenvalue weighted by molar-refractivity contribution is -0.119. The molecule has 2 amide bonds. The number of primary amides is 2. The Morgan fingerprint density at radius 2 is 2.00 bits per heavy atom. The zero-order valence-corrected chi connectivity index (χ0v) is 16.7. The van der Waals surface area contributed by atoms with Crippen LogP contribution >= 0.6 is 0 Å². The molecule has 1 unspecified atom stereocenters. The van der Waals surface area contributed by atoms with Gasteiger partial charge in [-0.25, -0.2) is 9.67 Å². The Kier molecular flexibility index (Phi) is 6.26. The zero-order valence-electron chi connectivity index (χ0n) is 16.7. The number of rotatable bonds is 9. The number of aromatic nitrogens is 4. The number of nitrogens with two attached hydrogens (primary N) is 2. The van der Waals surface area contributed by atoms with Gasteiger partial charge in [0.25, 0.3) is 5.91 Å². The summed E-state index contributed by atoms with van der Waals surface area (Å²) in [6.45, 7) is 3.96. The fourth-order valence-corrected chi connectivity index (χ4v) is 2.88. The van der Waals surface area contributed by atoms with Gasteiger partial charge in [-0.05, 0) is 36.6 Å². The molecule has 10 nitrogen and oxygen atoms in total. The van der Waals surface area contributed by atoms with Gasteiger partial charge in [0, 0.05) is 24.3 Å². The topological polar surface area (TPSA) is 154 Å². The van der Waals surface area contributed by atoms with Crippen LogP contribution in [0.4, 0.5) is 17.5 Å². The minimum Gasteiger partial charge on any atom is -0.368 e. The maximum atomic E-state index is 11.8. The Hall–Kier alpha value is -3.95. The van der Waals surface area contributed by atoms with E-state index in [2.05, 4.69) is 25.7 Å². The van der Waals surface area contributed by atoms with Crippen LogP contribution in [-0.2, 0) is 4.79 Å². The average Bonchev–Trinajstić information content (AvgIpc) is 3.22. The number of carbonyl (C=O) groups is 2. The maximum Gasteiger partial charge on any atom is 0.254 e. The first kappa shape index (κ1) is 20.8. The summed E-state index contributed by atoms with van der Waals surface area (Å²) in [7, 11) is 0. The van der Waals surface area contributed by atoms with Crippen molar-refractivity contribution in [1.82, 2.24) is 19.7 Å². The van der Waals surface area contributed by atoms with Gasteiger partial charge in [-0.1, -0.05) is 19.9 Å². The number of carbonyl (C=O) groups excluding carboxylic acids is 2. The number of anilines is 3. The monoisotopic (exact) mass is 408 g/mol. The Balaban J connectivity index is 1.89. The van der Waals surface area contributed by atoms with Crippen molar-refractivity contribution >= 4 is 29.3 Å². The molecule has 3 aromatic rings. The third-order valence-corrected chi connectivity index (χ3v) is 4.29. The lowest BCUT2D eigenvalue weighted by atomic mass is 10.0. The molecule has 0 spiro atoms. The average molecular weight is 408 g/mol. The summed E-state index contributed by atoms with van der Waals surface area (Å²) in [5.41, 5.74) is 12.6. The molecule has 10 heteroatoms. The first-order valence-electron chi connectivity index (χ1n) is 9.43. The summed E-state index contributed by atoms with van der Waals surface area (Å²) in [4.78, 5) is 32.0. The smallest absolute Gasteiger partial charge is 0.254 e. The molecule has 2 heterocycles. The normalized spacial score (nSPS) is 11.8. The predicted octanol–water partition coefficient (Wildman–Crippen LogP) is 1.82. The number of nitrogens with one attached hydrogen (secondary N) is 2. The number of hydrogen-bond donors (Lipinski definition) is 4. The van der Waals surface area contributed by atoms with Crippen molar-refractivity contribution in [3.63, 3.8) is 0 Å². The second kappa shape index (κ2) is 9.03. The number of amides is 2. The third-order valence-electron chi connectivity index (χ3n) is 4.29. The van der Waals surface area contributed by atoms with Crippen LogP contribution < -0.4 is 22.1 Å². The van der Waals surface area contributed by atoms with Crippen LogP contribution in [0.5, 0.6) is 0 Å². The van der Waals surface area contributed by atoms with Gasteiger partial charge in [0.1, 0.15) is 17.4 Å². The summed E-state index contributed by atoms with van der Waals surface area (Å²) >= 11 is 0. The second-order valence-electron chi connectivity index (χ2n) is 7.17. The molecule has 0 aliphatic rings. The van der Waals surface area contributed by atoms with E-state index in [0.717, 1.165) is 5.69 Å². The molecule has 0 bridgehead atoms. The zero-order chi connectivity index (χ0) is 21.7. The Morgan fingerprint density at radius 3 is 2.63 bits per heavy atom. The van der Waals surface area contributed by atoms with E-state index in [0.29, 0.717) is 12.1 Å². The highest BCUT2D eigenvalue weighted by Crippen LogP contribution is 2.22. The summed E-state index contributed by atoms with van der Waals surface area (Å²) in [5.74, 6) is -0.572. The van der Waals surface area contributed by atoms with Crippen LogP contribution in [-0.4, -0.2) is 37.6 Å². The SMILES string of the molecule is CC(C)CC(Nc1ncc(C(N)=O)c(Nc2cccc(-n3cccn3)c2)n1)C(N)=O. The van der Waals surface area contributed by atoms with Crippen molar-refractivity contribution in [1.29, 1.82) is 0 Å². The Labute approximate surface area is 173 Å². The molecular formula is C20H24N8O2. The molecule has 30 heavy (non-hydrogen) atoms. The molecule has 3 rings (SSSR count). The molecule has 1 atom stereocenters. The van der Waals surface area contributed by atoms with Crippen LogP contribution in [0.1, 0.15) is 30.6 Å². The summed E-state index contributed by atoms with van der Waals surface area (Å²) in [6, 6.07) is 8.58. The van der Waals surface area contributed by atoms with E-state index in [1.807, 2.05) is 50.4 Å². The largest absolute Gasteiger partial charge is 0.368 e. The quantitative estimate of drug-likeness (QED) is 0.421. The van der Waals surface area contributed by atoms with Gasteiger partial charge in [0.2, 0.25) is 11.9 Å². The van der Waals surface area contributed by atoms with Crippen LogP contribution in [0.25, 0.3) is 5.69 Å².